The van der Waals surface area contributed by atoms with Crippen molar-refractivity contribution in [2.24, 2.45) is 5.16 Å². The zero-order valence-electron chi connectivity index (χ0n) is 11.4. The molecule has 0 amide bonds. The van der Waals surface area contributed by atoms with Crippen LogP contribution in [0.4, 0.5) is 0 Å². The van der Waals surface area contributed by atoms with Crippen molar-refractivity contribution in [2.45, 2.75) is 25.9 Å². The summed E-state index contributed by atoms with van der Waals surface area (Å²) in [6, 6.07) is 7.64. The van der Waals surface area contributed by atoms with Gasteiger partial charge in [-0.15, -0.1) is 0 Å². The van der Waals surface area contributed by atoms with Gasteiger partial charge in [0, 0.05) is 7.11 Å². The van der Waals surface area contributed by atoms with E-state index in [1.165, 1.54) is 7.11 Å². The number of ether oxygens (including phenoxy) is 2. The number of methoxy groups -OCH3 is 1. The summed E-state index contributed by atoms with van der Waals surface area (Å²) in [4.78, 5) is 0. The minimum Gasteiger partial charge on any atom is -0.491 e. The van der Waals surface area contributed by atoms with Gasteiger partial charge in [-0.2, -0.15) is 0 Å². The Labute approximate surface area is 113 Å². The van der Waals surface area contributed by atoms with Crippen molar-refractivity contribution in [2.75, 3.05) is 20.3 Å². The molecule has 0 heterocycles. The molecule has 0 radical (unpaired) electrons. The van der Waals surface area contributed by atoms with Crippen molar-refractivity contribution in [3.63, 3.8) is 0 Å². The Bertz CT molecular complexity index is 389. The van der Waals surface area contributed by atoms with Crippen LogP contribution in [0.15, 0.2) is 29.4 Å². The second-order valence-electron chi connectivity index (χ2n) is 4.40. The van der Waals surface area contributed by atoms with E-state index in [2.05, 4.69) is 5.16 Å². The van der Waals surface area contributed by atoms with Gasteiger partial charge in [-0.25, -0.2) is 0 Å². The summed E-state index contributed by atoms with van der Waals surface area (Å²) in [5.41, 5.74) is 1.86. The number of oxime groups is 1. The highest BCUT2D eigenvalue weighted by molar-refractivity contribution is 5.81. The Morgan fingerprint density at radius 1 is 1.26 bits per heavy atom. The molecule has 0 bridgehead atoms. The Morgan fingerprint density at radius 3 is 2.53 bits per heavy atom. The van der Waals surface area contributed by atoms with Crippen LogP contribution in [0, 0.1) is 0 Å². The molecule has 0 spiro atoms. The Balaban J connectivity index is 2.39. The van der Waals surface area contributed by atoms with Gasteiger partial charge in [0.15, 0.2) is 0 Å². The number of aliphatic hydroxyl groups is 1. The van der Waals surface area contributed by atoms with E-state index < -0.39 is 6.10 Å². The van der Waals surface area contributed by atoms with Crippen LogP contribution in [0.5, 0.6) is 5.75 Å². The lowest BCUT2D eigenvalue weighted by molar-refractivity contribution is 0.0325. The molecule has 0 fully saturated rings. The van der Waals surface area contributed by atoms with Gasteiger partial charge in [0.2, 0.25) is 0 Å². The first-order chi connectivity index (χ1) is 9.15. The molecule has 0 aliphatic heterocycles. The van der Waals surface area contributed by atoms with E-state index in [1.807, 2.05) is 24.3 Å². The second kappa shape index (κ2) is 8.50. The molecule has 0 aliphatic carbocycles. The number of benzene rings is 1. The highest BCUT2D eigenvalue weighted by Gasteiger charge is 2.04. The van der Waals surface area contributed by atoms with Gasteiger partial charge >= 0.3 is 0 Å². The highest BCUT2D eigenvalue weighted by Crippen LogP contribution is 2.14. The smallest absolute Gasteiger partial charge is 0.119 e. The normalized spacial score (nSPS) is 13.3. The molecular formula is C14H21NO4. The summed E-state index contributed by atoms with van der Waals surface area (Å²) in [5, 5.41) is 21.1. The summed E-state index contributed by atoms with van der Waals surface area (Å²) in [7, 11) is 1.54. The van der Waals surface area contributed by atoms with Gasteiger partial charge in [-0.05, 0) is 37.5 Å². The second-order valence-corrected chi connectivity index (χ2v) is 4.40. The third-order valence-corrected chi connectivity index (χ3v) is 2.67. The topological polar surface area (TPSA) is 71.3 Å². The highest BCUT2D eigenvalue weighted by atomic mass is 16.5. The average molecular weight is 267 g/mol. The number of hydrogen-bond acceptors (Lipinski definition) is 5. The van der Waals surface area contributed by atoms with Crippen LogP contribution >= 0.6 is 0 Å². The maximum Gasteiger partial charge on any atom is 0.119 e. The van der Waals surface area contributed by atoms with Gasteiger partial charge in [0.25, 0.3) is 0 Å². The van der Waals surface area contributed by atoms with E-state index in [0.717, 1.165) is 18.4 Å². The van der Waals surface area contributed by atoms with Crippen molar-refractivity contribution < 1.29 is 19.8 Å². The molecule has 1 unspecified atom stereocenters. The number of nitrogens with zero attached hydrogens (tertiary/aromatic N) is 1. The third-order valence-electron chi connectivity index (χ3n) is 2.67. The predicted molar refractivity (Wildman–Crippen MR) is 73.0 cm³/mol. The van der Waals surface area contributed by atoms with Crippen LogP contribution in [0.25, 0.3) is 0 Å². The molecule has 19 heavy (non-hydrogen) atoms. The van der Waals surface area contributed by atoms with Gasteiger partial charge in [0.1, 0.15) is 18.5 Å². The van der Waals surface area contributed by atoms with Crippen molar-refractivity contribution >= 4 is 5.71 Å². The fourth-order valence-electron chi connectivity index (χ4n) is 1.56. The van der Waals surface area contributed by atoms with Crippen molar-refractivity contribution in [1.29, 1.82) is 0 Å². The molecular weight excluding hydrogens is 246 g/mol. The largest absolute Gasteiger partial charge is 0.491 e. The van der Waals surface area contributed by atoms with Crippen molar-refractivity contribution in [1.82, 2.24) is 0 Å². The molecule has 1 atom stereocenters. The summed E-state index contributed by atoms with van der Waals surface area (Å²) >= 11 is 0. The SMILES string of the molecule is COCC(O)COc1ccc(CCC(C)=NO)cc1. The maximum atomic E-state index is 9.45. The van der Waals surface area contributed by atoms with E-state index in [4.69, 9.17) is 14.7 Å². The molecule has 1 aromatic rings. The summed E-state index contributed by atoms with van der Waals surface area (Å²) in [5.74, 6) is 0.714. The maximum absolute atomic E-state index is 9.45. The summed E-state index contributed by atoms with van der Waals surface area (Å²) in [6.07, 6.45) is 0.930. The van der Waals surface area contributed by atoms with Crippen LogP contribution in [0.2, 0.25) is 0 Å². The molecule has 1 aromatic carbocycles. The standard InChI is InChI=1S/C14H21NO4/c1-11(15-17)3-4-12-5-7-14(8-6-12)19-10-13(16)9-18-2/h5-8,13,16-17H,3-4,9-10H2,1-2H3. The average Bonchev–Trinajstić information content (AvgIpc) is 2.44. The van der Waals surface area contributed by atoms with E-state index in [0.29, 0.717) is 11.5 Å². The number of rotatable bonds is 8. The Hall–Kier alpha value is -1.59. The molecule has 5 heteroatoms. The minimum absolute atomic E-state index is 0.212. The molecule has 1 rings (SSSR count). The summed E-state index contributed by atoms with van der Waals surface area (Å²) < 4.78 is 10.2. The number of aliphatic hydroxyl groups excluding tert-OH is 1. The third kappa shape index (κ3) is 6.22. The Morgan fingerprint density at radius 2 is 1.95 bits per heavy atom. The molecule has 0 aliphatic rings. The Kier molecular flexibility index (Phi) is 6.92. The van der Waals surface area contributed by atoms with Crippen LogP contribution in [0.3, 0.4) is 0 Å². The van der Waals surface area contributed by atoms with Gasteiger partial charge in [0.05, 0.1) is 12.3 Å². The van der Waals surface area contributed by atoms with Crippen LogP contribution < -0.4 is 4.74 Å². The molecule has 0 aromatic heterocycles. The quantitative estimate of drug-likeness (QED) is 0.428. The van der Waals surface area contributed by atoms with Gasteiger partial charge in [-0.3, -0.25) is 0 Å². The van der Waals surface area contributed by atoms with Gasteiger partial charge < -0.3 is 19.8 Å². The first-order valence-electron chi connectivity index (χ1n) is 6.22. The van der Waals surface area contributed by atoms with Crippen molar-refractivity contribution in [3.8, 4) is 5.75 Å². The van der Waals surface area contributed by atoms with Crippen LogP contribution in [-0.4, -0.2) is 42.5 Å². The van der Waals surface area contributed by atoms with Crippen LogP contribution in [-0.2, 0) is 11.2 Å². The molecule has 2 N–H and O–H groups in total. The van der Waals surface area contributed by atoms with E-state index in [-0.39, 0.29) is 13.2 Å². The zero-order chi connectivity index (χ0) is 14.1. The lowest BCUT2D eigenvalue weighted by atomic mass is 10.1. The van der Waals surface area contributed by atoms with E-state index >= 15 is 0 Å². The number of aryl methyl sites for hydroxylation is 1. The first kappa shape index (κ1) is 15.5. The van der Waals surface area contributed by atoms with E-state index in [9.17, 15) is 5.11 Å². The zero-order valence-corrected chi connectivity index (χ0v) is 11.4. The van der Waals surface area contributed by atoms with Gasteiger partial charge in [-0.1, -0.05) is 17.3 Å². The lowest BCUT2D eigenvalue weighted by Gasteiger charge is -2.11. The monoisotopic (exact) mass is 267 g/mol. The van der Waals surface area contributed by atoms with Crippen molar-refractivity contribution in [3.05, 3.63) is 29.8 Å². The lowest BCUT2D eigenvalue weighted by Crippen LogP contribution is -2.22. The summed E-state index contributed by atoms with van der Waals surface area (Å²) in [6.45, 7) is 2.26. The fourth-order valence-corrected chi connectivity index (χ4v) is 1.56. The molecule has 0 saturated heterocycles. The fraction of sp³-hybridized carbons (Fsp3) is 0.500. The first-order valence-corrected chi connectivity index (χ1v) is 6.22. The molecule has 106 valence electrons. The van der Waals surface area contributed by atoms with E-state index in [1.54, 1.807) is 6.92 Å². The molecule has 0 saturated carbocycles. The minimum atomic E-state index is -0.618. The molecule has 5 nitrogen and oxygen atoms in total. The number of hydrogen-bond donors (Lipinski definition) is 2. The van der Waals surface area contributed by atoms with Crippen LogP contribution in [0.1, 0.15) is 18.9 Å². The predicted octanol–water partition coefficient (Wildman–Crippen LogP) is 1.86.